The van der Waals surface area contributed by atoms with Gasteiger partial charge in [-0.05, 0) is 36.8 Å². The van der Waals surface area contributed by atoms with Gasteiger partial charge in [0.15, 0.2) is 0 Å². The van der Waals surface area contributed by atoms with Crippen LogP contribution in [0.1, 0.15) is 12.5 Å². The van der Waals surface area contributed by atoms with Crippen molar-refractivity contribution in [3.63, 3.8) is 0 Å². The number of carbonyl (C=O) groups is 2. The fraction of sp³-hybridized carbons (Fsp3) is 0.176. The average molecular weight is 379 g/mol. The third-order valence-electron chi connectivity index (χ3n) is 3.28. The molecule has 0 saturated heterocycles. The maximum Gasteiger partial charge on any atom is 0.244 e. The van der Waals surface area contributed by atoms with Gasteiger partial charge in [-0.1, -0.05) is 34.1 Å². The number of hydrogen-bond acceptors (Lipinski definition) is 2. The van der Waals surface area contributed by atoms with Gasteiger partial charge in [0.2, 0.25) is 11.8 Å². The van der Waals surface area contributed by atoms with Crippen molar-refractivity contribution in [2.75, 3.05) is 16.8 Å². The van der Waals surface area contributed by atoms with Crippen LogP contribution in [0.2, 0.25) is 0 Å². The fourth-order valence-corrected chi connectivity index (χ4v) is 2.43. The molecule has 0 aliphatic heterocycles. The predicted molar refractivity (Wildman–Crippen MR) is 91.9 cm³/mol. The van der Waals surface area contributed by atoms with Crippen LogP contribution >= 0.6 is 15.9 Å². The Morgan fingerprint density at radius 2 is 1.91 bits per heavy atom. The van der Waals surface area contributed by atoms with Gasteiger partial charge >= 0.3 is 0 Å². The Labute approximate surface area is 142 Å². The first-order valence-corrected chi connectivity index (χ1v) is 7.76. The molecule has 0 bridgehead atoms. The van der Waals surface area contributed by atoms with Crippen molar-refractivity contribution >= 4 is 39.1 Å². The lowest BCUT2D eigenvalue weighted by atomic mass is 10.2. The molecule has 0 atom stereocenters. The molecule has 0 saturated carbocycles. The molecule has 0 aliphatic rings. The first-order valence-electron chi connectivity index (χ1n) is 6.97. The molecule has 0 aliphatic carbocycles. The van der Waals surface area contributed by atoms with Gasteiger partial charge in [-0.3, -0.25) is 9.59 Å². The van der Waals surface area contributed by atoms with E-state index in [1.54, 1.807) is 18.2 Å². The Bertz CT molecular complexity index is 749. The number of nitrogens with zero attached hydrogens (tertiary/aromatic N) is 1. The number of carbonyl (C=O) groups excluding carboxylic acids is 2. The molecule has 0 heterocycles. The van der Waals surface area contributed by atoms with Gasteiger partial charge in [0.25, 0.3) is 0 Å². The van der Waals surface area contributed by atoms with Gasteiger partial charge in [-0.2, -0.15) is 0 Å². The summed E-state index contributed by atoms with van der Waals surface area (Å²) in [5.41, 5.74) is 1.73. The van der Waals surface area contributed by atoms with E-state index >= 15 is 0 Å². The Morgan fingerprint density at radius 1 is 1.22 bits per heavy atom. The number of halogens is 2. The topological polar surface area (TPSA) is 49.4 Å². The van der Waals surface area contributed by atoms with Gasteiger partial charge in [0.1, 0.15) is 12.4 Å². The largest absolute Gasteiger partial charge is 0.324 e. The minimum Gasteiger partial charge on any atom is -0.324 e. The molecule has 0 fully saturated rings. The average Bonchev–Trinajstić information content (AvgIpc) is 2.49. The molecule has 0 spiro atoms. The summed E-state index contributed by atoms with van der Waals surface area (Å²) in [6.45, 7) is 2.97. The van der Waals surface area contributed by atoms with Crippen LogP contribution in [-0.4, -0.2) is 18.4 Å². The molecule has 0 aromatic heterocycles. The van der Waals surface area contributed by atoms with E-state index in [1.165, 1.54) is 25.1 Å². The number of amides is 2. The lowest BCUT2D eigenvalue weighted by Gasteiger charge is -2.21. The molecule has 1 N–H and O–H groups in total. The van der Waals surface area contributed by atoms with Crippen molar-refractivity contribution < 1.29 is 14.0 Å². The highest BCUT2D eigenvalue weighted by molar-refractivity contribution is 9.10. The molecule has 0 radical (unpaired) electrons. The highest BCUT2D eigenvalue weighted by atomic mass is 79.9. The summed E-state index contributed by atoms with van der Waals surface area (Å²) >= 11 is 3.39. The number of hydrogen-bond donors (Lipinski definition) is 1. The number of nitrogens with one attached hydrogen (secondary N) is 1. The molecule has 23 heavy (non-hydrogen) atoms. The van der Waals surface area contributed by atoms with Crippen molar-refractivity contribution in [1.29, 1.82) is 0 Å². The third kappa shape index (κ3) is 4.39. The molecular weight excluding hydrogens is 363 g/mol. The molecule has 4 nitrogen and oxygen atoms in total. The summed E-state index contributed by atoms with van der Waals surface area (Å²) in [7, 11) is 0. The van der Waals surface area contributed by atoms with Gasteiger partial charge < -0.3 is 10.2 Å². The van der Waals surface area contributed by atoms with Gasteiger partial charge in [0.05, 0.1) is 5.69 Å². The number of benzene rings is 2. The summed E-state index contributed by atoms with van der Waals surface area (Å²) in [6, 6.07) is 11.3. The molecule has 6 heteroatoms. The van der Waals surface area contributed by atoms with E-state index in [4.69, 9.17) is 0 Å². The number of para-hydroxylation sites is 1. The van der Waals surface area contributed by atoms with Crippen molar-refractivity contribution in [3.8, 4) is 0 Å². The third-order valence-corrected chi connectivity index (χ3v) is 4.14. The smallest absolute Gasteiger partial charge is 0.244 e. The molecular formula is C17H16BrFN2O2. The zero-order valence-corrected chi connectivity index (χ0v) is 14.4. The second-order valence-electron chi connectivity index (χ2n) is 5.07. The van der Waals surface area contributed by atoms with Crippen LogP contribution in [-0.2, 0) is 9.59 Å². The Hall–Kier alpha value is -2.21. The zero-order valence-electron chi connectivity index (χ0n) is 12.8. The molecule has 0 unspecified atom stereocenters. The summed E-state index contributed by atoms with van der Waals surface area (Å²) in [5, 5.41) is 2.70. The lowest BCUT2D eigenvalue weighted by molar-refractivity contribution is -0.120. The Morgan fingerprint density at radius 3 is 2.52 bits per heavy atom. The monoisotopic (exact) mass is 378 g/mol. The van der Waals surface area contributed by atoms with Crippen LogP contribution in [0.3, 0.4) is 0 Å². The van der Waals surface area contributed by atoms with Crippen LogP contribution in [0, 0.1) is 12.7 Å². The van der Waals surface area contributed by atoms with Crippen molar-refractivity contribution in [1.82, 2.24) is 0 Å². The lowest BCUT2D eigenvalue weighted by Crippen LogP contribution is -2.37. The molecule has 2 rings (SSSR count). The minimum absolute atomic E-state index is 0.0836. The number of aryl methyl sites for hydroxylation is 1. The van der Waals surface area contributed by atoms with Crippen LogP contribution in [0.15, 0.2) is 46.9 Å². The number of anilines is 2. The van der Waals surface area contributed by atoms with E-state index in [0.29, 0.717) is 5.69 Å². The van der Waals surface area contributed by atoms with Crippen molar-refractivity contribution in [2.45, 2.75) is 13.8 Å². The molecule has 2 aromatic carbocycles. The second kappa shape index (κ2) is 7.37. The van der Waals surface area contributed by atoms with E-state index in [-0.39, 0.29) is 12.2 Å². The maximum atomic E-state index is 13.8. The summed E-state index contributed by atoms with van der Waals surface area (Å²) < 4.78 is 14.7. The molecule has 2 aromatic rings. The molecule has 120 valence electrons. The fourth-order valence-electron chi connectivity index (χ4n) is 2.05. The standard InChI is InChI=1S/C17H16BrFN2O2/c1-11-7-8-13(9-14(11)18)20-17(23)10-21(12(2)22)16-6-4-3-5-15(16)19/h3-9H,10H2,1-2H3,(H,20,23). The minimum atomic E-state index is -0.548. The summed E-state index contributed by atoms with van der Waals surface area (Å²) in [5.74, 6) is -1.36. The van der Waals surface area contributed by atoms with Crippen LogP contribution in [0.4, 0.5) is 15.8 Å². The Kier molecular flexibility index (Phi) is 5.50. The maximum absolute atomic E-state index is 13.8. The normalized spacial score (nSPS) is 10.3. The molecule has 2 amide bonds. The van der Waals surface area contributed by atoms with E-state index in [9.17, 15) is 14.0 Å². The van der Waals surface area contributed by atoms with Gasteiger partial charge in [-0.25, -0.2) is 4.39 Å². The zero-order chi connectivity index (χ0) is 17.0. The van der Waals surface area contributed by atoms with Crippen molar-refractivity contribution in [2.24, 2.45) is 0 Å². The van der Waals surface area contributed by atoms with E-state index in [0.717, 1.165) is 14.9 Å². The van der Waals surface area contributed by atoms with Gasteiger partial charge in [-0.15, -0.1) is 0 Å². The first-order chi connectivity index (χ1) is 10.9. The quantitative estimate of drug-likeness (QED) is 0.877. The van der Waals surface area contributed by atoms with Crippen molar-refractivity contribution in [3.05, 3.63) is 58.3 Å². The van der Waals surface area contributed by atoms with E-state index in [2.05, 4.69) is 21.2 Å². The second-order valence-corrected chi connectivity index (χ2v) is 5.92. The SMILES string of the molecule is CC(=O)N(CC(=O)Nc1ccc(C)c(Br)c1)c1ccccc1F. The van der Waals surface area contributed by atoms with Crippen LogP contribution in [0.5, 0.6) is 0 Å². The highest BCUT2D eigenvalue weighted by Gasteiger charge is 2.18. The number of rotatable bonds is 4. The first kappa shape index (κ1) is 17.1. The van der Waals surface area contributed by atoms with Crippen LogP contribution in [0.25, 0.3) is 0 Å². The highest BCUT2D eigenvalue weighted by Crippen LogP contribution is 2.21. The van der Waals surface area contributed by atoms with Gasteiger partial charge in [0, 0.05) is 17.1 Å². The summed E-state index contributed by atoms with van der Waals surface area (Å²) in [6.07, 6.45) is 0. The Balaban J connectivity index is 2.14. The van der Waals surface area contributed by atoms with E-state index in [1.807, 2.05) is 13.0 Å². The predicted octanol–water partition coefficient (Wildman–Crippen LogP) is 3.89. The summed E-state index contributed by atoms with van der Waals surface area (Å²) in [4.78, 5) is 25.0. The van der Waals surface area contributed by atoms with E-state index < -0.39 is 17.6 Å². The van der Waals surface area contributed by atoms with Crippen LogP contribution < -0.4 is 10.2 Å².